The molecule has 0 aliphatic carbocycles. The van der Waals surface area contributed by atoms with Gasteiger partial charge in [0.1, 0.15) is 0 Å². The lowest BCUT2D eigenvalue weighted by Gasteiger charge is -2.15. The first-order valence-corrected chi connectivity index (χ1v) is 5.45. The Kier molecular flexibility index (Phi) is 3.96. The third-order valence-corrected chi connectivity index (χ3v) is 2.89. The average molecular weight is 244 g/mol. The zero-order chi connectivity index (χ0) is 13.2. The van der Waals surface area contributed by atoms with Crippen LogP contribution in [-0.4, -0.2) is 5.78 Å². The Hall–Kier alpha value is -1.32. The van der Waals surface area contributed by atoms with Gasteiger partial charge in [-0.25, -0.2) is 0 Å². The largest absolute Gasteiger partial charge is 0.416 e. The molecular formula is C13H15F3O. The molecule has 94 valence electrons. The number of ketones is 1. The number of carbonyl (C=O) groups is 1. The predicted octanol–water partition coefficient (Wildman–Crippen LogP) is 4.18. The van der Waals surface area contributed by atoms with Crippen molar-refractivity contribution in [1.82, 2.24) is 0 Å². The lowest BCUT2D eigenvalue weighted by atomic mass is 9.89. The van der Waals surface area contributed by atoms with Crippen LogP contribution in [-0.2, 0) is 6.18 Å². The molecule has 1 rings (SSSR count). The topological polar surface area (TPSA) is 17.1 Å². The van der Waals surface area contributed by atoms with Crippen LogP contribution in [0.25, 0.3) is 0 Å². The van der Waals surface area contributed by atoms with E-state index in [1.54, 1.807) is 6.92 Å². The van der Waals surface area contributed by atoms with Crippen LogP contribution in [0.15, 0.2) is 24.3 Å². The van der Waals surface area contributed by atoms with Crippen LogP contribution in [0.2, 0.25) is 0 Å². The Balaban J connectivity index is 3.04. The van der Waals surface area contributed by atoms with Crippen molar-refractivity contribution in [3.8, 4) is 0 Å². The molecule has 0 heterocycles. The van der Waals surface area contributed by atoms with E-state index in [1.165, 1.54) is 12.1 Å². The van der Waals surface area contributed by atoms with E-state index in [4.69, 9.17) is 0 Å². The number of alkyl halides is 3. The summed E-state index contributed by atoms with van der Waals surface area (Å²) in [5.41, 5.74) is -0.652. The van der Waals surface area contributed by atoms with E-state index in [0.717, 1.165) is 12.1 Å². The van der Waals surface area contributed by atoms with Crippen LogP contribution in [0.1, 0.15) is 36.7 Å². The number of hydrogen-bond acceptors (Lipinski definition) is 1. The summed E-state index contributed by atoms with van der Waals surface area (Å²) in [5.74, 6) is -0.415. The lowest BCUT2D eigenvalue weighted by molar-refractivity contribution is -0.137. The van der Waals surface area contributed by atoms with Gasteiger partial charge in [-0.2, -0.15) is 13.2 Å². The van der Waals surface area contributed by atoms with Gasteiger partial charge in [0, 0.05) is 11.5 Å². The van der Waals surface area contributed by atoms with Crippen molar-refractivity contribution < 1.29 is 18.0 Å². The van der Waals surface area contributed by atoms with Crippen molar-refractivity contribution in [3.63, 3.8) is 0 Å². The summed E-state index contributed by atoms with van der Waals surface area (Å²) in [6.07, 6.45) is -4.41. The van der Waals surface area contributed by atoms with E-state index >= 15 is 0 Å². The number of halogens is 3. The standard InChI is InChI=1S/C13H15F3O/c1-8(2)9(3)12(17)10-5-4-6-11(7-10)13(14,15)16/h4-9H,1-3H3. The van der Waals surface area contributed by atoms with Crippen molar-refractivity contribution in [3.05, 3.63) is 35.4 Å². The molecule has 1 aromatic rings. The summed E-state index contributed by atoms with van der Waals surface area (Å²) in [6, 6.07) is 4.58. The first kappa shape index (κ1) is 13.7. The van der Waals surface area contributed by atoms with E-state index in [1.807, 2.05) is 13.8 Å². The first-order chi connectivity index (χ1) is 7.73. The van der Waals surface area contributed by atoms with Gasteiger partial charge in [0.05, 0.1) is 5.56 Å². The number of carbonyl (C=O) groups excluding carboxylic acids is 1. The van der Waals surface area contributed by atoms with Crippen molar-refractivity contribution in [2.75, 3.05) is 0 Å². The summed E-state index contributed by atoms with van der Waals surface area (Å²) in [5, 5.41) is 0. The minimum atomic E-state index is -4.41. The van der Waals surface area contributed by atoms with Gasteiger partial charge in [0.2, 0.25) is 0 Å². The second-order valence-electron chi connectivity index (χ2n) is 4.48. The van der Waals surface area contributed by atoms with Gasteiger partial charge < -0.3 is 0 Å². The fourth-order valence-electron chi connectivity index (χ4n) is 1.41. The third-order valence-electron chi connectivity index (χ3n) is 2.89. The highest BCUT2D eigenvalue weighted by molar-refractivity contribution is 5.97. The minimum absolute atomic E-state index is 0.108. The molecular weight excluding hydrogens is 229 g/mol. The van der Waals surface area contributed by atoms with Gasteiger partial charge in [-0.15, -0.1) is 0 Å². The molecule has 0 radical (unpaired) electrons. The maximum Gasteiger partial charge on any atom is 0.416 e. The lowest BCUT2D eigenvalue weighted by Crippen LogP contribution is -2.17. The highest BCUT2D eigenvalue weighted by Gasteiger charge is 2.31. The molecule has 0 aliphatic rings. The van der Waals surface area contributed by atoms with Gasteiger partial charge in [-0.3, -0.25) is 4.79 Å². The quantitative estimate of drug-likeness (QED) is 0.729. The van der Waals surface area contributed by atoms with E-state index in [9.17, 15) is 18.0 Å². The molecule has 0 N–H and O–H groups in total. The van der Waals surface area contributed by atoms with E-state index < -0.39 is 11.7 Å². The molecule has 0 bridgehead atoms. The second-order valence-corrected chi connectivity index (χ2v) is 4.48. The van der Waals surface area contributed by atoms with Crippen LogP contribution in [0.4, 0.5) is 13.2 Å². The number of hydrogen-bond donors (Lipinski definition) is 0. The number of rotatable bonds is 3. The maximum absolute atomic E-state index is 12.5. The Bertz CT molecular complexity index is 407. The summed E-state index contributed by atoms with van der Waals surface area (Å²) in [7, 11) is 0. The predicted molar refractivity (Wildman–Crippen MR) is 59.8 cm³/mol. The van der Waals surface area contributed by atoms with Crippen molar-refractivity contribution in [2.24, 2.45) is 11.8 Å². The molecule has 1 atom stereocenters. The summed E-state index contributed by atoms with van der Waals surface area (Å²) in [4.78, 5) is 11.9. The maximum atomic E-state index is 12.5. The van der Waals surface area contributed by atoms with E-state index in [0.29, 0.717) is 0 Å². The number of Topliss-reactive ketones (excluding diaryl/α,β-unsaturated/α-hetero) is 1. The van der Waals surface area contributed by atoms with Crippen LogP contribution in [0.3, 0.4) is 0 Å². The van der Waals surface area contributed by atoms with Crippen LogP contribution < -0.4 is 0 Å². The molecule has 0 saturated heterocycles. The van der Waals surface area contributed by atoms with Crippen LogP contribution >= 0.6 is 0 Å². The molecule has 0 aliphatic heterocycles. The van der Waals surface area contributed by atoms with Gasteiger partial charge in [0.15, 0.2) is 5.78 Å². The monoisotopic (exact) mass is 244 g/mol. The first-order valence-electron chi connectivity index (χ1n) is 5.45. The van der Waals surface area contributed by atoms with Crippen LogP contribution in [0, 0.1) is 11.8 Å². The molecule has 1 aromatic carbocycles. The second kappa shape index (κ2) is 4.90. The Morgan fingerprint density at radius 1 is 1.18 bits per heavy atom. The zero-order valence-corrected chi connectivity index (χ0v) is 10.0. The molecule has 0 aromatic heterocycles. The average Bonchev–Trinajstić information content (AvgIpc) is 2.26. The highest BCUT2D eigenvalue weighted by atomic mass is 19.4. The molecule has 1 nitrogen and oxygen atoms in total. The Morgan fingerprint density at radius 3 is 2.24 bits per heavy atom. The summed E-state index contributed by atoms with van der Waals surface area (Å²) >= 11 is 0. The van der Waals surface area contributed by atoms with Gasteiger partial charge in [0.25, 0.3) is 0 Å². The molecule has 0 spiro atoms. The van der Waals surface area contributed by atoms with Crippen LogP contribution in [0.5, 0.6) is 0 Å². The fraction of sp³-hybridized carbons (Fsp3) is 0.462. The smallest absolute Gasteiger partial charge is 0.294 e. The van der Waals surface area contributed by atoms with E-state index in [2.05, 4.69) is 0 Å². The SMILES string of the molecule is CC(C)C(C)C(=O)c1cccc(C(F)(F)F)c1. The molecule has 4 heteroatoms. The molecule has 0 fully saturated rings. The highest BCUT2D eigenvalue weighted by Crippen LogP contribution is 2.30. The van der Waals surface area contributed by atoms with Crippen molar-refractivity contribution in [1.29, 1.82) is 0 Å². The summed E-state index contributed by atoms with van der Waals surface area (Å²) in [6.45, 7) is 5.47. The minimum Gasteiger partial charge on any atom is -0.294 e. The van der Waals surface area contributed by atoms with Gasteiger partial charge >= 0.3 is 6.18 Å². The molecule has 0 amide bonds. The normalized spacial score (nSPS) is 13.8. The van der Waals surface area contributed by atoms with Crippen molar-refractivity contribution >= 4 is 5.78 Å². The molecule has 0 saturated carbocycles. The fourth-order valence-corrected chi connectivity index (χ4v) is 1.41. The van der Waals surface area contributed by atoms with Gasteiger partial charge in [-0.1, -0.05) is 32.9 Å². The summed E-state index contributed by atoms with van der Waals surface area (Å²) < 4.78 is 37.4. The third kappa shape index (κ3) is 3.32. The van der Waals surface area contributed by atoms with E-state index in [-0.39, 0.29) is 23.2 Å². The Morgan fingerprint density at radius 2 is 1.76 bits per heavy atom. The zero-order valence-electron chi connectivity index (χ0n) is 10.0. The number of benzene rings is 1. The van der Waals surface area contributed by atoms with Gasteiger partial charge in [-0.05, 0) is 18.1 Å². The van der Waals surface area contributed by atoms with Crippen molar-refractivity contribution in [2.45, 2.75) is 26.9 Å². The molecule has 17 heavy (non-hydrogen) atoms. The Labute approximate surface area is 98.6 Å². The molecule has 1 unspecified atom stereocenters.